The van der Waals surface area contributed by atoms with E-state index in [0.717, 1.165) is 31.4 Å². The predicted octanol–water partition coefficient (Wildman–Crippen LogP) is 2.00. The van der Waals surface area contributed by atoms with Gasteiger partial charge >= 0.3 is 0 Å². The quantitative estimate of drug-likeness (QED) is 0.788. The van der Waals surface area contributed by atoms with E-state index >= 15 is 0 Å². The Kier molecular flexibility index (Phi) is 4.09. The fourth-order valence-electron chi connectivity index (χ4n) is 3.62. The molecule has 0 amide bonds. The van der Waals surface area contributed by atoms with Crippen molar-refractivity contribution in [3.05, 3.63) is 58.0 Å². The lowest BCUT2D eigenvalue weighted by molar-refractivity contribution is 0.238. The first-order valence-electron chi connectivity index (χ1n) is 8.49. The van der Waals surface area contributed by atoms with Gasteiger partial charge in [0.15, 0.2) is 5.65 Å². The number of aromatic amines is 1. The topological polar surface area (TPSA) is 66.8 Å². The van der Waals surface area contributed by atoms with E-state index in [0.29, 0.717) is 29.4 Å². The van der Waals surface area contributed by atoms with Gasteiger partial charge in [0.1, 0.15) is 17.0 Å². The highest BCUT2D eigenvalue weighted by atomic mass is 19.1. The number of rotatable bonds is 4. The minimum absolute atomic E-state index is 0.158. The minimum Gasteiger partial charge on any atom is -0.309 e. The van der Waals surface area contributed by atoms with Gasteiger partial charge in [-0.05, 0) is 43.5 Å². The lowest BCUT2D eigenvalue weighted by Crippen LogP contribution is -2.32. The third kappa shape index (κ3) is 3.19. The molecule has 3 aromatic rings. The zero-order chi connectivity index (χ0) is 17.4. The molecule has 0 unspecified atom stereocenters. The second kappa shape index (κ2) is 6.40. The van der Waals surface area contributed by atoms with E-state index in [-0.39, 0.29) is 11.4 Å². The Morgan fingerprint density at radius 1 is 1.40 bits per heavy atom. The number of aromatic nitrogens is 4. The van der Waals surface area contributed by atoms with Crippen molar-refractivity contribution in [2.75, 3.05) is 6.54 Å². The van der Waals surface area contributed by atoms with Crippen molar-refractivity contribution in [2.45, 2.75) is 31.8 Å². The van der Waals surface area contributed by atoms with Gasteiger partial charge in [-0.15, -0.1) is 0 Å². The van der Waals surface area contributed by atoms with Gasteiger partial charge in [-0.1, -0.05) is 12.1 Å². The summed E-state index contributed by atoms with van der Waals surface area (Å²) in [6.45, 7) is 1.53. The number of hydrogen-bond acceptors (Lipinski definition) is 4. The summed E-state index contributed by atoms with van der Waals surface area (Å²) in [7, 11) is 1.78. The first kappa shape index (κ1) is 16.0. The molecule has 6 nitrogen and oxygen atoms in total. The molecule has 1 N–H and O–H groups in total. The summed E-state index contributed by atoms with van der Waals surface area (Å²) in [5.41, 5.74) is 1.44. The number of hydrogen-bond donors (Lipinski definition) is 1. The number of nitrogens with zero attached hydrogens (tertiary/aromatic N) is 4. The highest BCUT2D eigenvalue weighted by Crippen LogP contribution is 2.23. The van der Waals surface area contributed by atoms with Gasteiger partial charge < -0.3 is 4.98 Å². The van der Waals surface area contributed by atoms with Gasteiger partial charge in [0.2, 0.25) is 0 Å². The first-order valence-corrected chi connectivity index (χ1v) is 8.49. The van der Waals surface area contributed by atoms with Crippen LogP contribution in [0.4, 0.5) is 4.39 Å². The Bertz CT molecular complexity index is 963. The maximum absolute atomic E-state index is 13.4. The number of H-pyrrole nitrogens is 1. The molecule has 2 aromatic heterocycles. The van der Waals surface area contributed by atoms with E-state index in [1.54, 1.807) is 23.9 Å². The molecule has 1 aromatic carbocycles. The number of halogens is 1. The molecule has 1 saturated heterocycles. The van der Waals surface area contributed by atoms with Crippen LogP contribution in [-0.2, 0) is 20.0 Å². The van der Waals surface area contributed by atoms with Crippen LogP contribution in [0, 0.1) is 5.82 Å². The molecular formula is C18H20FN5O. The monoisotopic (exact) mass is 341 g/mol. The summed E-state index contributed by atoms with van der Waals surface area (Å²) in [6, 6.07) is 7.10. The van der Waals surface area contributed by atoms with Gasteiger partial charge in [-0.3, -0.25) is 14.4 Å². The van der Waals surface area contributed by atoms with Crippen LogP contribution in [0.25, 0.3) is 11.0 Å². The van der Waals surface area contributed by atoms with E-state index in [1.165, 1.54) is 12.3 Å². The molecule has 0 radical (unpaired) electrons. The van der Waals surface area contributed by atoms with Crippen molar-refractivity contribution in [1.82, 2.24) is 24.6 Å². The van der Waals surface area contributed by atoms with Crippen molar-refractivity contribution < 1.29 is 4.39 Å². The lowest BCUT2D eigenvalue weighted by Gasteiger charge is -2.24. The van der Waals surface area contributed by atoms with Crippen LogP contribution in [0.2, 0.25) is 0 Å². The molecule has 0 aliphatic carbocycles. The number of benzene rings is 1. The Morgan fingerprint density at radius 3 is 3.12 bits per heavy atom. The second-order valence-corrected chi connectivity index (χ2v) is 6.62. The molecule has 4 rings (SSSR count). The molecule has 1 aliphatic rings. The Labute approximate surface area is 144 Å². The zero-order valence-corrected chi connectivity index (χ0v) is 14.1. The van der Waals surface area contributed by atoms with Gasteiger partial charge in [0.05, 0.1) is 12.7 Å². The fraction of sp³-hybridized carbons (Fsp3) is 0.389. The fourth-order valence-corrected chi connectivity index (χ4v) is 3.62. The molecule has 3 heterocycles. The molecule has 130 valence electrons. The maximum atomic E-state index is 13.4. The number of aryl methyl sites for hydroxylation is 1. The molecule has 1 fully saturated rings. The van der Waals surface area contributed by atoms with E-state index in [4.69, 9.17) is 0 Å². The average Bonchev–Trinajstić information content (AvgIpc) is 3.15. The molecule has 1 atom stereocenters. The lowest BCUT2D eigenvalue weighted by atomic mass is 10.0. The smallest absolute Gasteiger partial charge is 0.262 e. The van der Waals surface area contributed by atoms with Crippen LogP contribution in [-0.4, -0.2) is 37.2 Å². The average molecular weight is 341 g/mol. The minimum atomic E-state index is -0.199. The zero-order valence-electron chi connectivity index (χ0n) is 14.1. The predicted molar refractivity (Wildman–Crippen MR) is 92.7 cm³/mol. The van der Waals surface area contributed by atoms with E-state index in [1.807, 2.05) is 6.07 Å². The van der Waals surface area contributed by atoms with Crippen molar-refractivity contribution in [3.8, 4) is 0 Å². The third-order valence-electron chi connectivity index (χ3n) is 4.86. The van der Waals surface area contributed by atoms with Gasteiger partial charge in [0, 0.05) is 13.1 Å². The molecule has 25 heavy (non-hydrogen) atoms. The SMILES string of the molecule is Cn1ncc2c(=O)[nH]c(CN3CCC[C@H]3Cc3cccc(F)c3)nc21. The molecule has 0 spiro atoms. The van der Waals surface area contributed by atoms with Crippen LogP contribution in [0.5, 0.6) is 0 Å². The van der Waals surface area contributed by atoms with Crippen molar-refractivity contribution in [1.29, 1.82) is 0 Å². The number of likely N-dealkylation sites (tertiary alicyclic amines) is 1. The first-order chi connectivity index (χ1) is 12.1. The normalized spacial score (nSPS) is 18.2. The van der Waals surface area contributed by atoms with Gasteiger partial charge in [-0.2, -0.15) is 5.10 Å². The summed E-state index contributed by atoms with van der Waals surface area (Å²) in [6.07, 6.45) is 4.50. The van der Waals surface area contributed by atoms with Crippen LogP contribution >= 0.6 is 0 Å². The van der Waals surface area contributed by atoms with Crippen molar-refractivity contribution in [3.63, 3.8) is 0 Å². The van der Waals surface area contributed by atoms with Gasteiger partial charge in [-0.25, -0.2) is 9.37 Å². The highest BCUT2D eigenvalue weighted by Gasteiger charge is 2.25. The number of fused-ring (bicyclic) bond motifs is 1. The number of nitrogens with one attached hydrogen (secondary N) is 1. The second-order valence-electron chi connectivity index (χ2n) is 6.62. The Morgan fingerprint density at radius 2 is 2.28 bits per heavy atom. The summed E-state index contributed by atoms with van der Waals surface area (Å²) in [5, 5.41) is 4.60. The third-order valence-corrected chi connectivity index (χ3v) is 4.86. The van der Waals surface area contributed by atoms with Crippen LogP contribution in [0.3, 0.4) is 0 Å². The summed E-state index contributed by atoms with van der Waals surface area (Å²) < 4.78 is 15.0. The van der Waals surface area contributed by atoms with Crippen molar-refractivity contribution in [2.24, 2.45) is 7.05 Å². The van der Waals surface area contributed by atoms with Gasteiger partial charge in [0.25, 0.3) is 5.56 Å². The van der Waals surface area contributed by atoms with Crippen molar-refractivity contribution >= 4 is 11.0 Å². The summed E-state index contributed by atoms with van der Waals surface area (Å²) in [4.78, 5) is 21.9. The Balaban J connectivity index is 1.55. The maximum Gasteiger partial charge on any atom is 0.262 e. The van der Waals surface area contributed by atoms with E-state index < -0.39 is 0 Å². The largest absolute Gasteiger partial charge is 0.309 e. The van der Waals surface area contributed by atoms with Crippen LogP contribution in [0.15, 0.2) is 35.3 Å². The summed E-state index contributed by atoms with van der Waals surface area (Å²) in [5.74, 6) is 0.446. The molecule has 0 saturated carbocycles. The van der Waals surface area contributed by atoms with E-state index in [9.17, 15) is 9.18 Å². The van der Waals surface area contributed by atoms with Crippen LogP contribution < -0.4 is 5.56 Å². The van der Waals surface area contributed by atoms with E-state index in [2.05, 4.69) is 20.0 Å². The Hall–Kier alpha value is -2.54. The molecule has 0 bridgehead atoms. The van der Waals surface area contributed by atoms with Crippen LogP contribution in [0.1, 0.15) is 24.2 Å². The molecular weight excluding hydrogens is 321 g/mol. The standard InChI is InChI=1S/C18H20FN5O/c1-23-17-15(10-20-23)18(25)22-16(21-17)11-24-7-3-6-14(24)9-12-4-2-5-13(19)8-12/h2,4-5,8,10,14H,3,6-7,9,11H2,1H3,(H,21,22,25)/t14-/m0/s1. The molecule has 7 heteroatoms. The highest BCUT2D eigenvalue weighted by molar-refractivity contribution is 5.72. The summed E-state index contributed by atoms with van der Waals surface area (Å²) >= 11 is 0. The molecule has 1 aliphatic heterocycles.